The van der Waals surface area contributed by atoms with Gasteiger partial charge in [-0.1, -0.05) is 0 Å². The minimum absolute atomic E-state index is 0.176. The number of hydrogen-bond acceptors (Lipinski definition) is 4. The number of carbonyl (C=O) groups is 1. The highest BCUT2D eigenvalue weighted by Crippen LogP contribution is 2.13. The van der Waals surface area contributed by atoms with E-state index in [1.807, 2.05) is 13.8 Å². The molecule has 0 saturated carbocycles. The molecule has 0 aromatic heterocycles. The molecule has 100 valence electrons. The van der Waals surface area contributed by atoms with Crippen molar-refractivity contribution in [3.05, 3.63) is 29.3 Å². The van der Waals surface area contributed by atoms with E-state index in [1.54, 1.807) is 18.2 Å². The zero-order valence-electron chi connectivity index (χ0n) is 11.2. The van der Waals surface area contributed by atoms with Crippen molar-refractivity contribution in [1.82, 2.24) is 5.32 Å². The summed E-state index contributed by atoms with van der Waals surface area (Å²) in [7, 11) is 3.06. The fraction of sp³-hybridized carbons (Fsp3) is 0.462. The first-order chi connectivity index (χ1) is 8.49. The maximum Gasteiger partial charge on any atom is 0.251 e. The number of aryl methyl sites for hydroxylation is 1. The SMILES string of the molecule is COC(OC)C(C)NC(=O)c1ccc(N)c(C)c1. The average Bonchev–Trinajstić information content (AvgIpc) is 2.34. The second kappa shape index (κ2) is 6.37. The zero-order chi connectivity index (χ0) is 13.7. The summed E-state index contributed by atoms with van der Waals surface area (Å²) < 4.78 is 10.2. The molecule has 3 N–H and O–H groups in total. The predicted octanol–water partition coefficient (Wildman–Crippen LogP) is 1.31. The van der Waals surface area contributed by atoms with Crippen LogP contribution in [0.3, 0.4) is 0 Å². The number of anilines is 1. The molecule has 0 aliphatic heterocycles. The van der Waals surface area contributed by atoms with E-state index in [1.165, 1.54) is 14.2 Å². The molecule has 5 nitrogen and oxygen atoms in total. The molecule has 1 amide bonds. The lowest BCUT2D eigenvalue weighted by Gasteiger charge is -2.22. The van der Waals surface area contributed by atoms with Gasteiger partial charge in [0.25, 0.3) is 5.91 Å². The van der Waals surface area contributed by atoms with Crippen LogP contribution in [0.1, 0.15) is 22.8 Å². The number of hydrogen-bond donors (Lipinski definition) is 2. The molecule has 1 aromatic carbocycles. The topological polar surface area (TPSA) is 73.6 Å². The van der Waals surface area contributed by atoms with Crippen LogP contribution in [-0.4, -0.2) is 32.5 Å². The van der Waals surface area contributed by atoms with E-state index >= 15 is 0 Å². The van der Waals surface area contributed by atoms with E-state index in [-0.39, 0.29) is 11.9 Å². The number of nitrogen functional groups attached to an aromatic ring is 1. The number of ether oxygens (including phenoxy) is 2. The molecule has 0 spiro atoms. The molecule has 1 aromatic rings. The smallest absolute Gasteiger partial charge is 0.251 e. The summed E-state index contributed by atoms with van der Waals surface area (Å²) in [5.41, 5.74) is 7.83. The number of nitrogens with one attached hydrogen (secondary N) is 1. The number of nitrogens with two attached hydrogens (primary N) is 1. The zero-order valence-corrected chi connectivity index (χ0v) is 11.2. The lowest BCUT2D eigenvalue weighted by molar-refractivity contribution is -0.117. The van der Waals surface area contributed by atoms with Crippen molar-refractivity contribution >= 4 is 11.6 Å². The highest BCUT2D eigenvalue weighted by molar-refractivity contribution is 5.95. The van der Waals surface area contributed by atoms with Crippen molar-refractivity contribution in [1.29, 1.82) is 0 Å². The first kappa shape index (κ1) is 14.5. The average molecular weight is 252 g/mol. The van der Waals surface area contributed by atoms with Crippen LogP contribution in [-0.2, 0) is 9.47 Å². The van der Waals surface area contributed by atoms with E-state index in [9.17, 15) is 4.79 Å². The molecule has 0 radical (unpaired) electrons. The van der Waals surface area contributed by atoms with Gasteiger partial charge < -0.3 is 20.5 Å². The van der Waals surface area contributed by atoms with Crippen molar-refractivity contribution in [2.24, 2.45) is 0 Å². The van der Waals surface area contributed by atoms with Gasteiger partial charge in [-0.2, -0.15) is 0 Å². The van der Waals surface area contributed by atoms with Gasteiger partial charge in [0.05, 0.1) is 6.04 Å². The third kappa shape index (κ3) is 3.45. The number of benzene rings is 1. The van der Waals surface area contributed by atoms with Crippen LogP contribution in [0, 0.1) is 6.92 Å². The van der Waals surface area contributed by atoms with Gasteiger partial charge in [-0.25, -0.2) is 0 Å². The Morgan fingerprint density at radius 2 is 1.94 bits per heavy atom. The highest BCUT2D eigenvalue weighted by atomic mass is 16.7. The summed E-state index contributed by atoms with van der Waals surface area (Å²) in [6, 6.07) is 4.93. The Labute approximate surface area is 107 Å². The monoisotopic (exact) mass is 252 g/mol. The van der Waals surface area contributed by atoms with E-state index in [0.29, 0.717) is 11.3 Å². The Kier molecular flexibility index (Phi) is 5.12. The Balaban J connectivity index is 2.73. The summed E-state index contributed by atoms with van der Waals surface area (Å²) in [5, 5.41) is 2.82. The fourth-order valence-corrected chi connectivity index (χ4v) is 1.68. The van der Waals surface area contributed by atoms with Crippen molar-refractivity contribution in [2.75, 3.05) is 20.0 Å². The number of methoxy groups -OCH3 is 2. The molecular formula is C13H20N2O3. The Bertz CT molecular complexity index is 417. The number of carbonyl (C=O) groups excluding carboxylic acids is 1. The van der Waals surface area contributed by atoms with Crippen LogP contribution in [0.4, 0.5) is 5.69 Å². The molecule has 0 aliphatic rings. The third-order valence-electron chi connectivity index (χ3n) is 2.76. The normalized spacial score (nSPS) is 12.5. The van der Waals surface area contributed by atoms with Gasteiger partial charge in [0.15, 0.2) is 6.29 Å². The van der Waals surface area contributed by atoms with Crippen LogP contribution < -0.4 is 11.1 Å². The molecule has 1 rings (SSSR count). The van der Waals surface area contributed by atoms with Gasteiger partial charge in [0, 0.05) is 25.5 Å². The maximum absolute atomic E-state index is 12.0. The molecular weight excluding hydrogens is 232 g/mol. The quantitative estimate of drug-likeness (QED) is 0.612. The summed E-state index contributed by atoms with van der Waals surface area (Å²) >= 11 is 0. The Hall–Kier alpha value is -1.59. The number of amides is 1. The molecule has 0 aliphatic carbocycles. The molecule has 1 atom stereocenters. The van der Waals surface area contributed by atoms with Crippen molar-refractivity contribution in [2.45, 2.75) is 26.2 Å². The van der Waals surface area contributed by atoms with Gasteiger partial charge in [0.2, 0.25) is 0 Å². The lowest BCUT2D eigenvalue weighted by Crippen LogP contribution is -2.42. The maximum atomic E-state index is 12.0. The Morgan fingerprint density at radius 1 is 1.33 bits per heavy atom. The van der Waals surface area contributed by atoms with E-state index < -0.39 is 6.29 Å². The van der Waals surface area contributed by atoms with Gasteiger partial charge in [-0.15, -0.1) is 0 Å². The van der Waals surface area contributed by atoms with E-state index in [4.69, 9.17) is 15.2 Å². The fourth-order valence-electron chi connectivity index (χ4n) is 1.68. The number of rotatable bonds is 5. The van der Waals surface area contributed by atoms with Crippen LogP contribution >= 0.6 is 0 Å². The molecule has 5 heteroatoms. The van der Waals surface area contributed by atoms with Gasteiger partial charge in [-0.05, 0) is 37.6 Å². The van der Waals surface area contributed by atoms with Gasteiger partial charge >= 0.3 is 0 Å². The predicted molar refractivity (Wildman–Crippen MR) is 70.3 cm³/mol. The molecule has 0 heterocycles. The highest BCUT2D eigenvalue weighted by Gasteiger charge is 2.18. The Morgan fingerprint density at radius 3 is 2.44 bits per heavy atom. The van der Waals surface area contributed by atoms with Gasteiger partial charge in [-0.3, -0.25) is 4.79 Å². The van der Waals surface area contributed by atoms with E-state index in [2.05, 4.69) is 5.32 Å². The second-order valence-electron chi connectivity index (χ2n) is 4.17. The second-order valence-corrected chi connectivity index (χ2v) is 4.17. The first-order valence-electron chi connectivity index (χ1n) is 5.72. The first-order valence-corrected chi connectivity index (χ1v) is 5.72. The lowest BCUT2D eigenvalue weighted by atomic mass is 10.1. The largest absolute Gasteiger partial charge is 0.399 e. The minimum atomic E-state index is -0.469. The summed E-state index contributed by atoms with van der Waals surface area (Å²) in [5.74, 6) is -0.176. The molecule has 18 heavy (non-hydrogen) atoms. The van der Waals surface area contributed by atoms with Crippen molar-refractivity contribution in [3.8, 4) is 0 Å². The van der Waals surface area contributed by atoms with Crippen LogP contribution in [0.5, 0.6) is 0 Å². The molecule has 1 unspecified atom stereocenters. The molecule has 0 fully saturated rings. The third-order valence-corrected chi connectivity index (χ3v) is 2.76. The summed E-state index contributed by atoms with van der Waals surface area (Å²) in [6.07, 6.45) is -0.469. The molecule has 0 bridgehead atoms. The minimum Gasteiger partial charge on any atom is -0.399 e. The van der Waals surface area contributed by atoms with E-state index in [0.717, 1.165) is 5.56 Å². The van der Waals surface area contributed by atoms with Crippen LogP contribution in [0.2, 0.25) is 0 Å². The van der Waals surface area contributed by atoms with Gasteiger partial charge in [0.1, 0.15) is 0 Å². The van der Waals surface area contributed by atoms with Crippen molar-refractivity contribution in [3.63, 3.8) is 0 Å². The molecule has 0 saturated heterocycles. The summed E-state index contributed by atoms with van der Waals surface area (Å²) in [4.78, 5) is 12.0. The van der Waals surface area contributed by atoms with Crippen LogP contribution in [0.25, 0.3) is 0 Å². The van der Waals surface area contributed by atoms with Crippen molar-refractivity contribution < 1.29 is 14.3 Å². The van der Waals surface area contributed by atoms with Crippen LogP contribution in [0.15, 0.2) is 18.2 Å². The standard InChI is InChI=1S/C13H20N2O3/c1-8-7-10(5-6-11(8)14)12(16)15-9(2)13(17-3)18-4/h5-7,9,13H,14H2,1-4H3,(H,15,16). The summed E-state index contributed by atoms with van der Waals surface area (Å²) in [6.45, 7) is 3.68.